The SMILES string of the molecule is CCN(Cc1cccc2ccccc12)c1ccc(N)cc1. The zero-order valence-corrected chi connectivity index (χ0v) is 12.3. The lowest BCUT2D eigenvalue weighted by molar-refractivity contribution is 0.836. The molecule has 0 aliphatic heterocycles. The van der Waals surface area contributed by atoms with Gasteiger partial charge in [0.2, 0.25) is 0 Å². The molecule has 0 aromatic heterocycles. The maximum atomic E-state index is 5.78. The van der Waals surface area contributed by atoms with Crippen molar-refractivity contribution in [2.45, 2.75) is 13.5 Å². The highest BCUT2D eigenvalue weighted by atomic mass is 15.1. The lowest BCUT2D eigenvalue weighted by Gasteiger charge is -2.24. The van der Waals surface area contributed by atoms with Crippen LogP contribution < -0.4 is 10.6 Å². The van der Waals surface area contributed by atoms with E-state index >= 15 is 0 Å². The van der Waals surface area contributed by atoms with Crippen molar-refractivity contribution in [3.8, 4) is 0 Å². The summed E-state index contributed by atoms with van der Waals surface area (Å²) in [6, 6.07) is 23.2. The summed E-state index contributed by atoms with van der Waals surface area (Å²) in [7, 11) is 0. The molecule has 2 N–H and O–H groups in total. The van der Waals surface area contributed by atoms with Crippen molar-refractivity contribution in [1.82, 2.24) is 0 Å². The van der Waals surface area contributed by atoms with Crippen LogP contribution in [-0.2, 0) is 6.54 Å². The summed E-state index contributed by atoms with van der Waals surface area (Å²) < 4.78 is 0. The molecule has 106 valence electrons. The minimum Gasteiger partial charge on any atom is -0.399 e. The number of rotatable bonds is 4. The van der Waals surface area contributed by atoms with Gasteiger partial charge in [-0.2, -0.15) is 0 Å². The number of benzene rings is 3. The Bertz CT molecular complexity index is 727. The summed E-state index contributed by atoms with van der Waals surface area (Å²) in [6.07, 6.45) is 0. The summed E-state index contributed by atoms with van der Waals surface area (Å²) in [6.45, 7) is 4.05. The van der Waals surface area contributed by atoms with Gasteiger partial charge in [0, 0.05) is 24.5 Å². The molecule has 3 aromatic rings. The fourth-order valence-electron chi connectivity index (χ4n) is 2.71. The second-order valence-electron chi connectivity index (χ2n) is 5.24. The quantitative estimate of drug-likeness (QED) is 0.713. The molecular formula is C19H20N2. The molecule has 2 heteroatoms. The second kappa shape index (κ2) is 5.88. The van der Waals surface area contributed by atoms with Gasteiger partial charge in [-0.3, -0.25) is 0 Å². The van der Waals surface area contributed by atoms with Crippen LogP contribution in [-0.4, -0.2) is 6.54 Å². The highest BCUT2D eigenvalue weighted by Gasteiger charge is 2.07. The van der Waals surface area contributed by atoms with Crippen LogP contribution in [0, 0.1) is 0 Å². The highest BCUT2D eigenvalue weighted by Crippen LogP contribution is 2.23. The Labute approximate surface area is 125 Å². The van der Waals surface area contributed by atoms with E-state index in [1.807, 2.05) is 12.1 Å². The van der Waals surface area contributed by atoms with E-state index < -0.39 is 0 Å². The van der Waals surface area contributed by atoms with Crippen molar-refractivity contribution in [3.05, 3.63) is 72.3 Å². The van der Waals surface area contributed by atoms with Crippen LogP contribution in [0.1, 0.15) is 12.5 Å². The van der Waals surface area contributed by atoms with Crippen LogP contribution in [0.15, 0.2) is 66.7 Å². The Morgan fingerprint density at radius 3 is 2.33 bits per heavy atom. The van der Waals surface area contributed by atoms with Crippen molar-refractivity contribution in [1.29, 1.82) is 0 Å². The summed E-state index contributed by atoms with van der Waals surface area (Å²) in [5, 5.41) is 2.62. The standard InChI is InChI=1S/C19H20N2/c1-2-21(18-12-10-17(20)11-13-18)14-16-8-5-7-15-6-3-4-9-19(15)16/h3-13H,2,14,20H2,1H3. The van der Waals surface area contributed by atoms with Crippen LogP contribution in [0.4, 0.5) is 11.4 Å². The Kier molecular flexibility index (Phi) is 3.78. The Morgan fingerprint density at radius 1 is 0.857 bits per heavy atom. The topological polar surface area (TPSA) is 29.3 Å². The molecule has 0 unspecified atom stereocenters. The molecule has 0 saturated carbocycles. The third-order valence-electron chi connectivity index (χ3n) is 3.88. The average Bonchev–Trinajstić information content (AvgIpc) is 2.54. The first kappa shape index (κ1) is 13.5. The molecule has 2 nitrogen and oxygen atoms in total. The van der Waals surface area contributed by atoms with Gasteiger partial charge in [0.25, 0.3) is 0 Å². The summed E-state index contributed by atoms with van der Waals surface area (Å²) in [5.74, 6) is 0. The van der Waals surface area contributed by atoms with Gasteiger partial charge < -0.3 is 10.6 Å². The van der Waals surface area contributed by atoms with Crippen molar-refractivity contribution >= 4 is 22.1 Å². The molecule has 0 radical (unpaired) electrons. The molecule has 21 heavy (non-hydrogen) atoms. The number of fused-ring (bicyclic) bond motifs is 1. The van der Waals surface area contributed by atoms with Gasteiger partial charge in [-0.05, 0) is 47.5 Å². The fraction of sp³-hybridized carbons (Fsp3) is 0.158. The summed E-state index contributed by atoms with van der Waals surface area (Å²) in [4.78, 5) is 2.36. The fourth-order valence-corrected chi connectivity index (χ4v) is 2.71. The van der Waals surface area contributed by atoms with Gasteiger partial charge in [-0.1, -0.05) is 42.5 Å². The van der Waals surface area contributed by atoms with Crippen LogP contribution >= 0.6 is 0 Å². The molecule has 0 amide bonds. The van der Waals surface area contributed by atoms with Crippen LogP contribution in [0.2, 0.25) is 0 Å². The number of nitrogen functional groups attached to an aromatic ring is 1. The smallest absolute Gasteiger partial charge is 0.0435 e. The van der Waals surface area contributed by atoms with Gasteiger partial charge in [-0.25, -0.2) is 0 Å². The molecular weight excluding hydrogens is 256 g/mol. The van der Waals surface area contributed by atoms with Crippen molar-refractivity contribution in [2.75, 3.05) is 17.2 Å². The molecule has 3 rings (SSSR count). The molecule has 0 aliphatic carbocycles. The predicted molar refractivity (Wildman–Crippen MR) is 91.5 cm³/mol. The van der Waals surface area contributed by atoms with Crippen molar-refractivity contribution in [2.24, 2.45) is 0 Å². The van der Waals surface area contributed by atoms with Gasteiger partial charge in [0.1, 0.15) is 0 Å². The van der Waals surface area contributed by atoms with Crippen LogP contribution in [0.5, 0.6) is 0 Å². The van der Waals surface area contributed by atoms with Gasteiger partial charge in [-0.15, -0.1) is 0 Å². The van der Waals surface area contributed by atoms with E-state index in [0.29, 0.717) is 0 Å². The Morgan fingerprint density at radius 2 is 1.57 bits per heavy atom. The van der Waals surface area contributed by atoms with Gasteiger partial charge >= 0.3 is 0 Å². The monoisotopic (exact) mass is 276 g/mol. The van der Waals surface area contributed by atoms with Gasteiger partial charge in [0.05, 0.1) is 0 Å². The van der Waals surface area contributed by atoms with E-state index in [0.717, 1.165) is 18.8 Å². The molecule has 0 atom stereocenters. The highest BCUT2D eigenvalue weighted by molar-refractivity contribution is 5.85. The van der Waals surface area contributed by atoms with E-state index in [1.165, 1.54) is 22.0 Å². The molecule has 0 heterocycles. The molecule has 0 fully saturated rings. The maximum absolute atomic E-state index is 5.78. The summed E-state index contributed by atoms with van der Waals surface area (Å²) in [5.41, 5.74) is 9.14. The number of anilines is 2. The third-order valence-corrected chi connectivity index (χ3v) is 3.88. The minimum atomic E-state index is 0.806. The normalized spacial score (nSPS) is 10.7. The van der Waals surface area contributed by atoms with E-state index in [1.54, 1.807) is 0 Å². The lowest BCUT2D eigenvalue weighted by Crippen LogP contribution is -2.22. The minimum absolute atomic E-state index is 0.806. The lowest BCUT2D eigenvalue weighted by atomic mass is 10.0. The van der Waals surface area contributed by atoms with Crippen molar-refractivity contribution in [3.63, 3.8) is 0 Å². The second-order valence-corrected chi connectivity index (χ2v) is 5.24. The number of nitrogens with two attached hydrogens (primary N) is 1. The zero-order chi connectivity index (χ0) is 14.7. The zero-order valence-electron chi connectivity index (χ0n) is 12.3. The average molecular weight is 276 g/mol. The first-order valence-electron chi connectivity index (χ1n) is 7.35. The molecule has 0 spiro atoms. The molecule has 0 bridgehead atoms. The van der Waals surface area contributed by atoms with Crippen LogP contribution in [0.3, 0.4) is 0 Å². The molecule has 0 aliphatic rings. The number of hydrogen-bond donors (Lipinski definition) is 1. The van der Waals surface area contributed by atoms with Crippen molar-refractivity contribution < 1.29 is 0 Å². The first-order valence-corrected chi connectivity index (χ1v) is 7.35. The maximum Gasteiger partial charge on any atom is 0.0435 e. The van der Waals surface area contributed by atoms with E-state index in [4.69, 9.17) is 5.73 Å². The summed E-state index contributed by atoms with van der Waals surface area (Å²) >= 11 is 0. The Balaban J connectivity index is 1.94. The van der Waals surface area contributed by atoms with E-state index in [2.05, 4.69) is 66.4 Å². The predicted octanol–water partition coefficient (Wildman–Crippen LogP) is 4.45. The van der Waals surface area contributed by atoms with E-state index in [-0.39, 0.29) is 0 Å². The van der Waals surface area contributed by atoms with Gasteiger partial charge in [0.15, 0.2) is 0 Å². The third kappa shape index (κ3) is 2.84. The largest absolute Gasteiger partial charge is 0.399 e. The number of nitrogens with zero attached hydrogens (tertiary/aromatic N) is 1. The first-order chi connectivity index (χ1) is 10.3. The van der Waals surface area contributed by atoms with E-state index in [9.17, 15) is 0 Å². The van der Waals surface area contributed by atoms with Crippen LogP contribution in [0.25, 0.3) is 10.8 Å². The Hall–Kier alpha value is -2.48. The molecule has 3 aromatic carbocycles. The molecule has 0 saturated heterocycles. The number of hydrogen-bond acceptors (Lipinski definition) is 2.